The molecule has 1 saturated heterocycles. The van der Waals surface area contributed by atoms with Crippen LogP contribution in [0.3, 0.4) is 0 Å². The van der Waals surface area contributed by atoms with E-state index in [0.717, 1.165) is 6.42 Å². The van der Waals surface area contributed by atoms with E-state index in [9.17, 15) is 0 Å². The minimum Gasteiger partial charge on any atom is -1.00 e. The zero-order chi connectivity index (χ0) is 14.0. The number of benzene rings is 1. The molecule has 1 heterocycles. The maximum Gasteiger partial charge on any atom is 0.0822 e. The Morgan fingerprint density at radius 3 is 2.81 bits per heavy atom. The van der Waals surface area contributed by atoms with E-state index in [-0.39, 0.29) is 12.4 Å². The first kappa shape index (κ1) is 16.6. The molecule has 1 atom stereocenters. The predicted octanol–water partition coefficient (Wildman–Crippen LogP) is 0.115. The van der Waals surface area contributed by atoms with Crippen LogP contribution in [0.5, 0.6) is 0 Å². The van der Waals surface area contributed by atoms with E-state index >= 15 is 0 Å². The second kappa shape index (κ2) is 6.98. The number of halogens is 1. The minimum absolute atomic E-state index is 0. The predicted molar refractivity (Wildman–Crippen MR) is 85.9 cm³/mol. The average Bonchev–Trinajstić information content (AvgIpc) is 2.81. The summed E-state index contributed by atoms with van der Waals surface area (Å²) in [4.78, 5) is 1.83. The van der Waals surface area contributed by atoms with Gasteiger partial charge in [-0.05, 0) is 42.4 Å². The summed E-state index contributed by atoms with van der Waals surface area (Å²) in [6, 6.07) is 8.91. The molecule has 1 unspecified atom stereocenters. The van der Waals surface area contributed by atoms with Crippen molar-refractivity contribution in [3.05, 3.63) is 41.5 Å². The van der Waals surface area contributed by atoms with Gasteiger partial charge in [-0.15, -0.1) is 0 Å². The summed E-state index contributed by atoms with van der Waals surface area (Å²) in [7, 11) is 0. The molecule has 1 N–H and O–H groups in total. The van der Waals surface area contributed by atoms with Crippen molar-refractivity contribution in [3.8, 4) is 0 Å². The molecule has 1 aromatic carbocycles. The molecule has 3 rings (SSSR count). The molecule has 0 aromatic heterocycles. The zero-order valence-corrected chi connectivity index (χ0v) is 14.2. The van der Waals surface area contributed by atoms with Crippen molar-refractivity contribution in [2.24, 2.45) is 5.41 Å². The number of likely N-dealkylation sites (tertiary alicyclic amines) is 1. The highest BCUT2D eigenvalue weighted by atomic mass is 35.5. The van der Waals surface area contributed by atoms with Gasteiger partial charge >= 0.3 is 0 Å². The third-order valence-corrected chi connectivity index (χ3v) is 5.02. The normalized spacial score (nSPS) is 23.1. The highest BCUT2D eigenvalue weighted by Crippen LogP contribution is 2.30. The molecule has 1 aliphatic heterocycles. The second-order valence-electron chi connectivity index (χ2n) is 7.39. The molecule has 1 aliphatic carbocycles. The van der Waals surface area contributed by atoms with Gasteiger partial charge < -0.3 is 17.3 Å². The van der Waals surface area contributed by atoms with E-state index < -0.39 is 0 Å². The van der Waals surface area contributed by atoms with Crippen molar-refractivity contribution < 1.29 is 17.3 Å². The number of hydrogen-bond acceptors (Lipinski definition) is 0. The van der Waals surface area contributed by atoms with Crippen molar-refractivity contribution in [2.75, 3.05) is 19.6 Å². The Morgan fingerprint density at radius 2 is 2.00 bits per heavy atom. The summed E-state index contributed by atoms with van der Waals surface area (Å²) in [5.74, 6) is 0. The van der Waals surface area contributed by atoms with Crippen LogP contribution in [0.4, 0.5) is 0 Å². The Kier molecular flexibility index (Phi) is 5.51. The van der Waals surface area contributed by atoms with Crippen molar-refractivity contribution in [2.45, 2.75) is 46.0 Å². The van der Waals surface area contributed by atoms with Gasteiger partial charge in [0.15, 0.2) is 0 Å². The number of rotatable bonds is 4. The maximum atomic E-state index is 2.44. The van der Waals surface area contributed by atoms with E-state index in [1.807, 2.05) is 4.90 Å². The summed E-state index contributed by atoms with van der Waals surface area (Å²) < 4.78 is 0. The van der Waals surface area contributed by atoms with Crippen molar-refractivity contribution in [3.63, 3.8) is 0 Å². The van der Waals surface area contributed by atoms with Crippen LogP contribution >= 0.6 is 0 Å². The van der Waals surface area contributed by atoms with Gasteiger partial charge in [0.25, 0.3) is 0 Å². The van der Waals surface area contributed by atoms with Gasteiger partial charge in [-0.1, -0.05) is 44.2 Å². The summed E-state index contributed by atoms with van der Waals surface area (Å²) in [5.41, 5.74) is 5.19. The number of quaternary nitrogens is 1. The first-order chi connectivity index (χ1) is 9.64. The molecule has 21 heavy (non-hydrogen) atoms. The lowest BCUT2D eigenvalue weighted by atomic mass is 9.84. The molecule has 1 aromatic rings. The van der Waals surface area contributed by atoms with Crippen LogP contribution < -0.4 is 17.3 Å². The number of fused-ring (bicyclic) bond motifs is 1. The van der Waals surface area contributed by atoms with Crippen molar-refractivity contribution >= 4 is 5.57 Å². The molecular formula is C19H28ClN. The van der Waals surface area contributed by atoms with Crippen LogP contribution in [0, 0.1) is 5.41 Å². The van der Waals surface area contributed by atoms with Gasteiger partial charge in [-0.2, -0.15) is 0 Å². The molecule has 116 valence electrons. The third-order valence-electron chi connectivity index (χ3n) is 5.02. The van der Waals surface area contributed by atoms with E-state index in [1.54, 1.807) is 5.57 Å². The molecule has 2 aliphatic rings. The first-order valence-electron chi connectivity index (χ1n) is 8.25. The smallest absolute Gasteiger partial charge is 0.0822 e. The van der Waals surface area contributed by atoms with Crippen LogP contribution in [0.15, 0.2) is 30.3 Å². The van der Waals surface area contributed by atoms with Crippen LogP contribution in [-0.2, 0) is 6.42 Å². The zero-order valence-electron chi connectivity index (χ0n) is 13.4. The number of allylic oxidation sites excluding steroid dienone is 2. The Hall–Kier alpha value is -0.790. The molecule has 0 spiro atoms. The van der Waals surface area contributed by atoms with Gasteiger partial charge in [-0.3, -0.25) is 0 Å². The molecule has 0 bridgehead atoms. The van der Waals surface area contributed by atoms with Crippen LogP contribution in [-0.4, -0.2) is 19.6 Å². The molecule has 0 radical (unpaired) electrons. The van der Waals surface area contributed by atoms with Gasteiger partial charge in [0.1, 0.15) is 0 Å². The fourth-order valence-electron chi connectivity index (χ4n) is 4.00. The summed E-state index contributed by atoms with van der Waals surface area (Å²) in [5, 5.41) is 0. The lowest BCUT2D eigenvalue weighted by molar-refractivity contribution is -0.912. The quantitative estimate of drug-likeness (QED) is 0.806. The Labute approximate surface area is 135 Å². The van der Waals surface area contributed by atoms with Crippen molar-refractivity contribution in [1.82, 2.24) is 0 Å². The van der Waals surface area contributed by atoms with Crippen molar-refractivity contribution in [1.29, 1.82) is 0 Å². The minimum atomic E-state index is 0. The second-order valence-corrected chi connectivity index (χ2v) is 7.39. The van der Waals surface area contributed by atoms with Crippen LogP contribution in [0.1, 0.15) is 50.7 Å². The number of nitrogens with one attached hydrogen (secondary N) is 1. The van der Waals surface area contributed by atoms with Gasteiger partial charge in [0.05, 0.1) is 19.6 Å². The van der Waals surface area contributed by atoms with Gasteiger partial charge in [0, 0.05) is 11.8 Å². The molecule has 1 nitrogen and oxygen atoms in total. The highest BCUT2D eigenvalue weighted by molar-refractivity contribution is 5.72. The average molecular weight is 306 g/mol. The highest BCUT2D eigenvalue weighted by Gasteiger charge is 2.29. The van der Waals surface area contributed by atoms with E-state index in [1.165, 1.54) is 56.4 Å². The van der Waals surface area contributed by atoms with Crippen LogP contribution in [0.2, 0.25) is 0 Å². The van der Waals surface area contributed by atoms with E-state index in [4.69, 9.17) is 0 Å². The first-order valence-corrected chi connectivity index (χ1v) is 8.25. The molecular weight excluding hydrogens is 278 g/mol. The lowest BCUT2D eigenvalue weighted by Crippen LogP contribution is -3.14. The Bertz CT molecular complexity index is 504. The largest absolute Gasteiger partial charge is 1.00 e. The van der Waals surface area contributed by atoms with E-state index in [0.29, 0.717) is 5.41 Å². The van der Waals surface area contributed by atoms with E-state index in [2.05, 4.69) is 44.2 Å². The molecule has 1 fully saturated rings. The van der Waals surface area contributed by atoms with Crippen LogP contribution in [0.25, 0.3) is 5.57 Å². The molecule has 0 amide bonds. The van der Waals surface area contributed by atoms with Gasteiger partial charge in [0.2, 0.25) is 0 Å². The topological polar surface area (TPSA) is 4.44 Å². The summed E-state index contributed by atoms with van der Waals surface area (Å²) >= 11 is 0. The Morgan fingerprint density at radius 1 is 1.19 bits per heavy atom. The fraction of sp³-hybridized carbons (Fsp3) is 0.579. The number of hydrogen-bond donors (Lipinski definition) is 1. The van der Waals surface area contributed by atoms with Gasteiger partial charge in [-0.25, -0.2) is 0 Å². The SMILES string of the molecule is CC1(C)CCC[NH+](CCCC2=CCc3ccccc32)C1.[Cl-]. The standard InChI is InChI=1S/C19H27N.ClH/c1-19(2)12-6-14-20(15-19)13-5-8-17-11-10-16-7-3-4-9-18(16)17;/h3-4,7,9,11H,5-6,8,10,12-15H2,1-2H3;1H. The molecule has 0 saturated carbocycles. The summed E-state index contributed by atoms with van der Waals surface area (Å²) in [6.07, 6.45) is 9.02. The third kappa shape index (κ3) is 4.11. The fourth-order valence-corrected chi connectivity index (χ4v) is 4.00. The monoisotopic (exact) mass is 305 g/mol. The lowest BCUT2D eigenvalue weighted by Gasteiger charge is -2.35. The Balaban J connectivity index is 0.00000161. The maximum absolute atomic E-state index is 2.44. The number of piperidine rings is 1. The molecule has 2 heteroatoms. The summed E-state index contributed by atoms with van der Waals surface area (Å²) in [6.45, 7) is 8.97.